The van der Waals surface area contributed by atoms with E-state index in [0.717, 1.165) is 0 Å². The van der Waals surface area contributed by atoms with Crippen molar-refractivity contribution in [2.75, 3.05) is 38.7 Å². The number of benzene rings is 1. The molecule has 0 spiro atoms. The first kappa shape index (κ1) is 19.6. The van der Waals surface area contributed by atoms with Crippen LogP contribution in [0.4, 0.5) is 11.4 Å². The number of morpholine rings is 1. The summed E-state index contributed by atoms with van der Waals surface area (Å²) in [6.45, 7) is 7.06. The van der Waals surface area contributed by atoms with E-state index in [0.29, 0.717) is 31.9 Å². The number of nitrogens with one attached hydrogen (secondary N) is 1. The van der Waals surface area contributed by atoms with Gasteiger partial charge in [0.25, 0.3) is 0 Å². The molecule has 9 heteroatoms. The van der Waals surface area contributed by atoms with Gasteiger partial charge in [-0.25, -0.2) is 0 Å². The Morgan fingerprint density at radius 3 is 2.38 bits per heavy atom. The van der Waals surface area contributed by atoms with Gasteiger partial charge in [0.05, 0.1) is 30.9 Å². The zero-order chi connectivity index (χ0) is 19.5. The van der Waals surface area contributed by atoms with Gasteiger partial charge in [-0.15, -0.1) is 0 Å². The quantitative estimate of drug-likeness (QED) is 0.496. The second kappa shape index (κ2) is 7.69. The van der Waals surface area contributed by atoms with Crippen molar-refractivity contribution in [2.45, 2.75) is 26.2 Å². The van der Waals surface area contributed by atoms with Gasteiger partial charge in [-0.1, -0.05) is 20.8 Å². The van der Waals surface area contributed by atoms with Gasteiger partial charge in [-0.05, 0) is 17.0 Å². The summed E-state index contributed by atoms with van der Waals surface area (Å²) in [6.07, 6.45) is 0. The van der Waals surface area contributed by atoms with E-state index >= 15 is 0 Å². The molecule has 0 aliphatic carbocycles. The highest BCUT2D eigenvalue weighted by Gasteiger charge is 2.29. The summed E-state index contributed by atoms with van der Waals surface area (Å²) in [5.41, 5.74) is 0.0662. The predicted molar refractivity (Wildman–Crippen MR) is 94.4 cm³/mol. The normalized spacial score (nSPS) is 14.7. The van der Waals surface area contributed by atoms with E-state index in [4.69, 9.17) is 9.47 Å². The Balaban J connectivity index is 2.37. The first-order chi connectivity index (χ1) is 12.1. The smallest absolute Gasteiger partial charge is 0.314 e. The standard InChI is InChI=1S/C17H23N3O6/c1-17(2,3)11-9-12(14(25-4)13(10-11)20(23)24)18-15(21)16(22)19-5-7-26-8-6-19/h9-10H,5-8H2,1-4H3,(H,18,21). The molecule has 0 radical (unpaired) electrons. The lowest BCUT2D eigenvalue weighted by Crippen LogP contribution is -2.45. The Kier molecular flexibility index (Phi) is 5.81. The minimum atomic E-state index is -0.870. The second-order valence-electron chi connectivity index (χ2n) is 6.94. The summed E-state index contributed by atoms with van der Waals surface area (Å²) in [6, 6.07) is 3.01. The van der Waals surface area contributed by atoms with Crippen LogP contribution in [0.3, 0.4) is 0 Å². The van der Waals surface area contributed by atoms with Crippen LogP contribution in [0.25, 0.3) is 0 Å². The van der Waals surface area contributed by atoms with Crippen molar-refractivity contribution in [3.05, 3.63) is 27.8 Å². The van der Waals surface area contributed by atoms with Crippen LogP contribution in [0, 0.1) is 10.1 Å². The minimum Gasteiger partial charge on any atom is -0.489 e. The number of nitro benzene ring substituents is 1. The fourth-order valence-electron chi connectivity index (χ4n) is 2.58. The molecule has 2 amide bonds. The van der Waals surface area contributed by atoms with E-state index in [9.17, 15) is 19.7 Å². The van der Waals surface area contributed by atoms with Crippen LogP contribution in [0.2, 0.25) is 0 Å². The van der Waals surface area contributed by atoms with Crippen molar-refractivity contribution in [3.8, 4) is 5.75 Å². The van der Waals surface area contributed by atoms with Gasteiger partial charge in [0.1, 0.15) is 0 Å². The molecule has 1 heterocycles. The Bertz CT molecular complexity index is 720. The van der Waals surface area contributed by atoms with Crippen molar-refractivity contribution in [2.24, 2.45) is 0 Å². The van der Waals surface area contributed by atoms with E-state index in [1.165, 1.54) is 18.1 Å². The summed E-state index contributed by atoms with van der Waals surface area (Å²) in [5, 5.41) is 13.9. The monoisotopic (exact) mass is 365 g/mol. The molecule has 1 fully saturated rings. The Morgan fingerprint density at radius 1 is 1.27 bits per heavy atom. The number of hydrogen-bond acceptors (Lipinski definition) is 6. The number of amides is 2. The largest absolute Gasteiger partial charge is 0.489 e. The van der Waals surface area contributed by atoms with Gasteiger partial charge >= 0.3 is 17.5 Å². The number of nitrogens with zero attached hydrogens (tertiary/aromatic N) is 2. The van der Waals surface area contributed by atoms with E-state index in [2.05, 4.69) is 5.32 Å². The number of anilines is 1. The topological polar surface area (TPSA) is 111 Å². The first-order valence-corrected chi connectivity index (χ1v) is 8.20. The van der Waals surface area contributed by atoms with E-state index in [1.807, 2.05) is 20.8 Å². The predicted octanol–water partition coefficient (Wildman–Crippen LogP) is 1.70. The number of carbonyl (C=O) groups excluding carboxylic acids is 2. The maximum atomic E-state index is 12.4. The number of methoxy groups -OCH3 is 1. The third kappa shape index (κ3) is 4.29. The van der Waals surface area contributed by atoms with Crippen LogP contribution in [0.5, 0.6) is 5.75 Å². The Hall–Kier alpha value is -2.68. The van der Waals surface area contributed by atoms with E-state index < -0.39 is 22.2 Å². The number of rotatable bonds is 3. The molecular weight excluding hydrogens is 342 g/mol. The SMILES string of the molecule is COc1c(NC(=O)C(=O)N2CCOCC2)cc(C(C)(C)C)cc1[N+](=O)[O-]. The number of nitro groups is 1. The van der Waals surface area contributed by atoms with Gasteiger partial charge in [0.15, 0.2) is 0 Å². The average Bonchev–Trinajstić information content (AvgIpc) is 2.60. The fraction of sp³-hybridized carbons (Fsp3) is 0.529. The zero-order valence-electron chi connectivity index (χ0n) is 15.3. The number of hydrogen-bond donors (Lipinski definition) is 1. The van der Waals surface area contributed by atoms with Crippen molar-refractivity contribution in [3.63, 3.8) is 0 Å². The highest BCUT2D eigenvalue weighted by molar-refractivity contribution is 6.39. The van der Waals surface area contributed by atoms with Crippen LogP contribution in [-0.2, 0) is 19.7 Å². The Morgan fingerprint density at radius 2 is 1.88 bits per heavy atom. The van der Waals surface area contributed by atoms with Crippen molar-refractivity contribution >= 4 is 23.2 Å². The van der Waals surface area contributed by atoms with Gasteiger partial charge in [0, 0.05) is 19.2 Å². The molecule has 142 valence electrons. The van der Waals surface area contributed by atoms with Crippen molar-refractivity contribution < 1.29 is 24.0 Å². The van der Waals surface area contributed by atoms with Gasteiger partial charge < -0.3 is 19.7 Å². The number of carbonyl (C=O) groups is 2. The highest BCUT2D eigenvalue weighted by atomic mass is 16.6. The molecule has 1 saturated heterocycles. The molecule has 1 N–H and O–H groups in total. The summed E-state index contributed by atoms with van der Waals surface area (Å²) in [4.78, 5) is 36.8. The highest BCUT2D eigenvalue weighted by Crippen LogP contribution is 2.39. The third-order valence-electron chi connectivity index (χ3n) is 4.08. The summed E-state index contributed by atoms with van der Waals surface area (Å²) >= 11 is 0. The first-order valence-electron chi connectivity index (χ1n) is 8.20. The van der Waals surface area contributed by atoms with Gasteiger partial charge in [-0.2, -0.15) is 0 Å². The minimum absolute atomic E-state index is 0.0915. The molecule has 0 saturated carbocycles. The maximum Gasteiger partial charge on any atom is 0.314 e. The molecule has 0 unspecified atom stereocenters. The van der Waals surface area contributed by atoms with E-state index in [1.54, 1.807) is 6.07 Å². The summed E-state index contributed by atoms with van der Waals surface area (Å²) in [7, 11) is 1.28. The Labute approximate surface area is 151 Å². The molecule has 1 aromatic carbocycles. The average molecular weight is 365 g/mol. The molecule has 1 aliphatic heterocycles. The van der Waals surface area contributed by atoms with Crippen molar-refractivity contribution in [1.82, 2.24) is 4.90 Å². The summed E-state index contributed by atoms with van der Waals surface area (Å²) in [5.74, 6) is -1.67. The molecule has 1 aromatic rings. The van der Waals surface area contributed by atoms with Gasteiger partial charge in [0.2, 0.25) is 5.75 Å². The molecular formula is C17H23N3O6. The van der Waals surface area contributed by atoms with Gasteiger partial charge in [-0.3, -0.25) is 19.7 Å². The van der Waals surface area contributed by atoms with Crippen LogP contribution in [0.1, 0.15) is 26.3 Å². The molecule has 0 bridgehead atoms. The van der Waals surface area contributed by atoms with Crippen molar-refractivity contribution in [1.29, 1.82) is 0 Å². The lowest BCUT2D eigenvalue weighted by molar-refractivity contribution is -0.385. The second-order valence-corrected chi connectivity index (χ2v) is 6.94. The number of ether oxygens (including phenoxy) is 2. The lowest BCUT2D eigenvalue weighted by atomic mass is 9.86. The molecule has 9 nitrogen and oxygen atoms in total. The zero-order valence-corrected chi connectivity index (χ0v) is 15.3. The molecule has 0 atom stereocenters. The molecule has 26 heavy (non-hydrogen) atoms. The maximum absolute atomic E-state index is 12.4. The van der Waals surface area contributed by atoms with E-state index in [-0.39, 0.29) is 17.1 Å². The molecule has 0 aromatic heterocycles. The fourth-order valence-corrected chi connectivity index (χ4v) is 2.58. The summed E-state index contributed by atoms with van der Waals surface area (Å²) < 4.78 is 10.3. The van der Waals surface area contributed by atoms with Crippen LogP contribution in [-0.4, -0.2) is 55.1 Å². The molecule has 2 rings (SSSR count). The van der Waals surface area contributed by atoms with Crippen LogP contribution in [0.15, 0.2) is 12.1 Å². The lowest BCUT2D eigenvalue weighted by Gasteiger charge is -2.26. The van der Waals surface area contributed by atoms with Crippen LogP contribution >= 0.6 is 0 Å². The molecule has 1 aliphatic rings. The third-order valence-corrected chi connectivity index (χ3v) is 4.08. The van der Waals surface area contributed by atoms with Crippen LogP contribution < -0.4 is 10.1 Å².